The van der Waals surface area contributed by atoms with Gasteiger partial charge in [0.15, 0.2) is 5.78 Å². The maximum Gasteiger partial charge on any atom is 0.410 e. The standard InChI is InChI=1S/C14H26N2O2.C10H8BrNO.C9H5BrO2S.C4H9NO/c1-13(2,3)18-12(17)16-10-6-14(7-11-16)4-8-15-9-5-14;1-6(13)9-4-7-2-3-8(11)5-10(7)12-9;10-6-2-1-5-3-8(9(11)12)13-7(5)4-6;5-4-1-2-6-3-4/h15H,4-11H2,1-3H3;2-5,12H,1H3;1-4H,(H,11,12);4H,1-3,5H2. The fraction of sp³-hybridized carbons (Fsp3) is 0.486. The number of rotatable bonds is 2. The molecule has 5 heterocycles. The quantitative estimate of drug-likeness (QED) is 0.147. The molecule has 13 heteroatoms. The maximum absolute atomic E-state index is 12.0. The van der Waals surface area contributed by atoms with E-state index in [0.717, 1.165) is 88.6 Å². The van der Waals surface area contributed by atoms with E-state index in [9.17, 15) is 14.4 Å². The maximum atomic E-state index is 12.0. The number of halogens is 2. The number of hydrogen-bond acceptors (Lipinski definition) is 8. The molecule has 3 saturated heterocycles. The minimum absolute atomic E-state index is 0.0623. The fourth-order valence-corrected chi connectivity index (χ4v) is 7.71. The van der Waals surface area contributed by atoms with Crippen molar-refractivity contribution in [1.29, 1.82) is 0 Å². The lowest BCUT2D eigenvalue weighted by atomic mass is 9.72. The largest absolute Gasteiger partial charge is 0.477 e. The first-order valence-electron chi connectivity index (χ1n) is 16.9. The van der Waals surface area contributed by atoms with Gasteiger partial charge in [-0.15, -0.1) is 11.3 Å². The zero-order chi connectivity index (χ0) is 36.5. The van der Waals surface area contributed by atoms with Gasteiger partial charge in [-0.25, -0.2) is 9.59 Å². The number of nitrogens with two attached hydrogens (primary N) is 1. The molecule has 1 atom stereocenters. The van der Waals surface area contributed by atoms with Crippen LogP contribution in [0, 0.1) is 5.41 Å². The number of Topliss-reactive ketones (excluding diaryl/α,β-unsaturated/α-hetero) is 1. The number of benzene rings is 2. The molecule has 3 fully saturated rings. The number of nitrogens with one attached hydrogen (secondary N) is 2. The number of piperidine rings is 2. The average Bonchev–Trinajstić information content (AvgIpc) is 3.81. The average molecular weight is 837 g/mol. The van der Waals surface area contributed by atoms with Gasteiger partial charge in [0.25, 0.3) is 0 Å². The first kappa shape index (κ1) is 40.0. The monoisotopic (exact) mass is 834 g/mol. The van der Waals surface area contributed by atoms with Crippen LogP contribution in [0.2, 0.25) is 0 Å². The van der Waals surface area contributed by atoms with E-state index in [4.69, 9.17) is 20.3 Å². The molecule has 7 rings (SSSR count). The minimum atomic E-state index is -0.864. The van der Waals surface area contributed by atoms with Crippen molar-refractivity contribution in [3.8, 4) is 0 Å². The summed E-state index contributed by atoms with van der Waals surface area (Å²) in [6, 6.07) is 15.5. The number of ketones is 1. The van der Waals surface area contributed by atoms with E-state index in [1.165, 1.54) is 24.2 Å². The van der Waals surface area contributed by atoms with Crippen LogP contribution >= 0.6 is 43.2 Å². The molecule has 4 aromatic rings. The molecule has 50 heavy (non-hydrogen) atoms. The van der Waals surface area contributed by atoms with Crippen LogP contribution in [0.25, 0.3) is 21.0 Å². The Balaban J connectivity index is 0.000000158. The molecule has 0 saturated carbocycles. The minimum Gasteiger partial charge on any atom is -0.477 e. The van der Waals surface area contributed by atoms with E-state index in [2.05, 4.69) is 42.2 Å². The van der Waals surface area contributed by atoms with Gasteiger partial charge in [0, 0.05) is 57.2 Å². The molecule has 2 aromatic heterocycles. The number of fused-ring (bicyclic) bond motifs is 2. The Kier molecular flexibility index (Phi) is 14.5. The topological polar surface area (TPSA) is 147 Å². The van der Waals surface area contributed by atoms with Crippen molar-refractivity contribution in [2.75, 3.05) is 39.4 Å². The molecule has 0 aliphatic carbocycles. The smallest absolute Gasteiger partial charge is 0.410 e. The van der Waals surface area contributed by atoms with Crippen molar-refractivity contribution >= 4 is 82.0 Å². The summed E-state index contributed by atoms with van der Waals surface area (Å²) in [6.45, 7) is 12.9. The Morgan fingerprint density at radius 3 is 2.16 bits per heavy atom. The van der Waals surface area contributed by atoms with Crippen LogP contribution in [-0.4, -0.2) is 83.9 Å². The second kappa shape index (κ2) is 18.1. The number of H-pyrrole nitrogens is 1. The number of hydrogen-bond donors (Lipinski definition) is 4. The lowest BCUT2D eigenvalue weighted by Crippen LogP contribution is -2.48. The Morgan fingerprint density at radius 2 is 1.62 bits per heavy atom. The summed E-state index contributed by atoms with van der Waals surface area (Å²) in [7, 11) is 0. The molecule has 3 aliphatic rings. The number of thiophene rings is 1. The van der Waals surface area contributed by atoms with Crippen molar-refractivity contribution in [2.24, 2.45) is 11.1 Å². The highest BCUT2D eigenvalue weighted by Gasteiger charge is 2.37. The van der Waals surface area contributed by atoms with E-state index in [1.54, 1.807) is 13.0 Å². The number of aromatic nitrogens is 1. The van der Waals surface area contributed by atoms with Gasteiger partial charge in [0.2, 0.25) is 0 Å². The summed E-state index contributed by atoms with van der Waals surface area (Å²) >= 11 is 8.00. The van der Waals surface area contributed by atoms with E-state index < -0.39 is 5.97 Å². The van der Waals surface area contributed by atoms with Gasteiger partial charge < -0.3 is 35.5 Å². The number of carbonyl (C=O) groups excluding carboxylic acids is 2. The van der Waals surface area contributed by atoms with Gasteiger partial charge in [-0.1, -0.05) is 44.0 Å². The highest BCUT2D eigenvalue weighted by atomic mass is 79.9. The van der Waals surface area contributed by atoms with E-state index in [1.807, 2.05) is 68.1 Å². The Bertz CT molecular complexity index is 1660. The first-order chi connectivity index (χ1) is 23.6. The van der Waals surface area contributed by atoms with Gasteiger partial charge in [-0.3, -0.25) is 4.79 Å². The molecule has 1 spiro atoms. The number of aromatic carboxylic acids is 1. The number of likely N-dealkylation sites (tertiary alicyclic amines) is 1. The number of amides is 1. The van der Waals surface area contributed by atoms with Gasteiger partial charge in [0.1, 0.15) is 10.5 Å². The van der Waals surface area contributed by atoms with Crippen LogP contribution in [0.5, 0.6) is 0 Å². The lowest BCUT2D eigenvalue weighted by Gasteiger charge is -2.44. The van der Waals surface area contributed by atoms with E-state index in [0.29, 0.717) is 22.0 Å². The normalized spacial score (nSPS) is 18.3. The summed E-state index contributed by atoms with van der Waals surface area (Å²) in [6.07, 6.45) is 5.68. The van der Waals surface area contributed by atoms with Crippen LogP contribution in [0.15, 0.2) is 57.5 Å². The van der Waals surface area contributed by atoms with Crippen molar-refractivity contribution in [3.05, 3.63) is 68.0 Å². The fourth-order valence-electron chi connectivity index (χ4n) is 5.90. The highest BCUT2D eigenvalue weighted by molar-refractivity contribution is 9.10. The third-order valence-electron chi connectivity index (χ3n) is 8.76. The zero-order valence-electron chi connectivity index (χ0n) is 29.2. The van der Waals surface area contributed by atoms with Crippen molar-refractivity contribution < 1.29 is 29.0 Å². The third kappa shape index (κ3) is 12.2. The van der Waals surface area contributed by atoms with Crippen molar-refractivity contribution in [2.45, 2.75) is 71.4 Å². The summed E-state index contributed by atoms with van der Waals surface area (Å²) in [4.78, 5) is 39.0. The highest BCUT2D eigenvalue weighted by Crippen LogP contribution is 2.39. The van der Waals surface area contributed by atoms with Gasteiger partial charge in [-0.2, -0.15) is 0 Å². The summed E-state index contributed by atoms with van der Waals surface area (Å²) < 4.78 is 13.3. The second-order valence-electron chi connectivity index (χ2n) is 13.9. The Labute approximate surface area is 314 Å². The summed E-state index contributed by atoms with van der Waals surface area (Å²) in [5, 5.41) is 14.2. The SMILES string of the molecule is CC(=O)c1cc2ccc(Br)cc2[nH]1.CC(C)(C)OC(=O)N1CCC2(CCNCC2)CC1.NC1CCOC1.O=C(O)c1cc2ccc(Br)cc2s1. The van der Waals surface area contributed by atoms with Crippen LogP contribution in [0.4, 0.5) is 4.79 Å². The molecular formula is C37H48Br2N4O6S. The molecule has 3 aliphatic heterocycles. The Hall–Kier alpha value is -2.81. The Morgan fingerprint density at radius 1 is 0.980 bits per heavy atom. The van der Waals surface area contributed by atoms with E-state index >= 15 is 0 Å². The van der Waals surface area contributed by atoms with Gasteiger partial charge in [0.05, 0.1) is 12.3 Å². The molecular weight excluding hydrogens is 788 g/mol. The zero-order valence-corrected chi connectivity index (χ0v) is 33.1. The number of carboxylic acids is 1. The summed E-state index contributed by atoms with van der Waals surface area (Å²) in [5.74, 6) is -0.801. The third-order valence-corrected chi connectivity index (χ3v) is 10.8. The molecule has 0 bridgehead atoms. The predicted molar refractivity (Wildman–Crippen MR) is 207 cm³/mol. The molecule has 1 unspecified atom stereocenters. The molecule has 2 aromatic carbocycles. The van der Waals surface area contributed by atoms with Crippen LogP contribution in [-0.2, 0) is 9.47 Å². The predicted octanol–water partition coefficient (Wildman–Crippen LogP) is 8.62. The molecule has 0 radical (unpaired) electrons. The van der Waals surface area contributed by atoms with Crippen molar-refractivity contribution in [3.63, 3.8) is 0 Å². The van der Waals surface area contributed by atoms with Crippen LogP contribution < -0.4 is 11.1 Å². The van der Waals surface area contributed by atoms with Crippen molar-refractivity contribution in [1.82, 2.24) is 15.2 Å². The van der Waals surface area contributed by atoms with Gasteiger partial charge in [-0.05, 0) is 113 Å². The molecule has 272 valence electrons. The number of aromatic amines is 1. The number of nitrogens with zero attached hydrogens (tertiary/aromatic N) is 1. The van der Waals surface area contributed by atoms with Crippen LogP contribution in [0.3, 0.4) is 0 Å². The molecule has 1 amide bonds. The number of carbonyl (C=O) groups is 3. The number of ether oxygens (including phenoxy) is 2. The second-order valence-corrected chi connectivity index (χ2v) is 16.8. The van der Waals surface area contributed by atoms with Crippen LogP contribution in [0.1, 0.15) is 80.0 Å². The van der Waals surface area contributed by atoms with Gasteiger partial charge >= 0.3 is 12.1 Å². The lowest BCUT2D eigenvalue weighted by molar-refractivity contribution is 0.00570. The van der Waals surface area contributed by atoms with E-state index in [-0.39, 0.29) is 17.5 Å². The molecule has 10 nitrogen and oxygen atoms in total. The molecule has 5 N–H and O–H groups in total. The first-order valence-corrected chi connectivity index (χ1v) is 19.3. The summed E-state index contributed by atoms with van der Waals surface area (Å²) in [5.41, 5.74) is 7.16. The number of carboxylic acid groups (broad SMARTS) is 1.